The minimum Gasteiger partial charge on any atom is -0.358 e. The van der Waals surface area contributed by atoms with Gasteiger partial charge in [0.1, 0.15) is 17.7 Å². The number of carbonyl (C=O) groups is 1. The number of aryl methyl sites for hydroxylation is 3. The summed E-state index contributed by atoms with van der Waals surface area (Å²) in [5.41, 5.74) is 1.72. The van der Waals surface area contributed by atoms with Crippen LogP contribution in [0.2, 0.25) is 0 Å². The van der Waals surface area contributed by atoms with E-state index in [9.17, 15) is 4.79 Å². The standard InChI is InChI=1S/C14H18N6O/c1-9-6-13(17-10(2)16-9)18-12-4-5-20(14(12)21)11-7-15-19(3)8-11/h6-8,12H,4-5H2,1-3H3,(H,16,17,18). The van der Waals surface area contributed by atoms with E-state index in [0.29, 0.717) is 18.2 Å². The van der Waals surface area contributed by atoms with Gasteiger partial charge in [0.25, 0.3) is 0 Å². The minimum atomic E-state index is -0.251. The normalized spacial score (nSPS) is 18.3. The summed E-state index contributed by atoms with van der Waals surface area (Å²) < 4.78 is 1.69. The van der Waals surface area contributed by atoms with Gasteiger partial charge in [0.2, 0.25) is 5.91 Å². The summed E-state index contributed by atoms with van der Waals surface area (Å²) >= 11 is 0. The van der Waals surface area contributed by atoms with Gasteiger partial charge < -0.3 is 10.2 Å². The van der Waals surface area contributed by atoms with Gasteiger partial charge in [-0.2, -0.15) is 5.10 Å². The van der Waals surface area contributed by atoms with E-state index in [1.165, 1.54) is 0 Å². The second-order valence-electron chi connectivity index (χ2n) is 5.29. The Morgan fingerprint density at radius 2 is 2.14 bits per heavy atom. The molecule has 3 rings (SSSR count). The Kier molecular flexibility index (Phi) is 3.32. The van der Waals surface area contributed by atoms with Crippen molar-refractivity contribution >= 4 is 17.4 Å². The van der Waals surface area contributed by atoms with Crippen LogP contribution in [0.1, 0.15) is 17.9 Å². The van der Waals surface area contributed by atoms with Crippen LogP contribution >= 0.6 is 0 Å². The van der Waals surface area contributed by atoms with Crippen LogP contribution in [0.25, 0.3) is 0 Å². The van der Waals surface area contributed by atoms with Gasteiger partial charge in [0.05, 0.1) is 11.9 Å². The molecule has 1 aliphatic rings. The summed E-state index contributed by atoms with van der Waals surface area (Å²) in [7, 11) is 1.84. The summed E-state index contributed by atoms with van der Waals surface area (Å²) in [5.74, 6) is 1.45. The van der Waals surface area contributed by atoms with Gasteiger partial charge in [-0.1, -0.05) is 0 Å². The van der Waals surface area contributed by atoms with Gasteiger partial charge in [0, 0.05) is 31.5 Å². The smallest absolute Gasteiger partial charge is 0.249 e. The molecule has 2 aromatic rings. The summed E-state index contributed by atoms with van der Waals surface area (Å²) in [6.45, 7) is 4.44. The molecule has 1 atom stereocenters. The van der Waals surface area contributed by atoms with Crippen molar-refractivity contribution in [2.45, 2.75) is 26.3 Å². The topological polar surface area (TPSA) is 75.9 Å². The molecule has 3 heterocycles. The van der Waals surface area contributed by atoms with Crippen LogP contribution in [0.15, 0.2) is 18.5 Å². The zero-order valence-corrected chi connectivity index (χ0v) is 12.4. The molecule has 0 bridgehead atoms. The lowest BCUT2D eigenvalue weighted by atomic mass is 10.2. The molecule has 21 heavy (non-hydrogen) atoms. The highest BCUT2D eigenvalue weighted by molar-refractivity contribution is 6.00. The Balaban J connectivity index is 1.74. The number of carbonyl (C=O) groups excluding carboxylic acids is 1. The van der Waals surface area contributed by atoms with Crippen molar-refractivity contribution in [2.75, 3.05) is 16.8 Å². The highest BCUT2D eigenvalue weighted by atomic mass is 16.2. The van der Waals surface area contributed by atoms with Gasteiger partial charge in [-0.15, -0.1) is 0 Å². The van der Waals surface area contributed by atoms with Crippen LogP contribution in [0.5, 0.6) is 0 Å². The minimum absolute atomic E-state index is 0.0527. The van der Waals surface area contributed by atoms with Gasteiger partial charge in [0.15, 0.2) is 0 Å². The number of nitrogens with zero attached hydrogens (tertiary/aromatic N) is 5. The average Bonchev–Trinajstić information content (AvgIpc) is 2.96. The number of anilines is 2. The largest absolute Gasteiger partial charge is 0.358 e. The second-order valence-corrected chi connectivity index (χ2v) is 5.29. The third-order valence-corrected chi connectivity index (χ3v) is 3.50. The Labute approximate surface area is 123 Å². The van der Waals surface area contributed by atoms with Crippen molar-refractivity contribution < 1.29 is 4.79 Å². The maximum absolute atomic E-state index is 12.5. The van der Waals surface area contributed by atoms with Gasteiger partial charge in [-0.3, -0.25) is 9.48 Å². The van der Waals surface area contributed by atoms with E-state index in [1.54, 1.807) is 15.8 Å². The van der Waals surface area contributed by atoms with E-state index >= 15 is 0 Å². The lowest BCUT2D eigenvalue weighted by Gasteiger charge is -2.15. The molecule has 1 fully saturated rings. The fourth-order valence-electron chi connectivity index (χ4n) is 2.59. The number of rotatable bonds is 3. The fourth-order valence-corrected chi connectivity index (χ4v) is 2.59. The van der Waals surface area contributed by atoms with E-state index in [2.05, 4.69) is 20.4 Å². The first-order valence-electron chi connectivity index (χ1n) is 6.92. The molecule has 0 spiro atoms. The van der Waals surface area contributed by atoms with Crippen LogP contribution in [0.4, 0.5) is 11.5 Å². The lowest BCUT2D eigenvalue weighted by molar-refractivity contribution is -0.117. The molecular formula is C14H18N6O. The Morgan fingerprint density at radius 1 is 1.33 bits per heavy atom. The fraction of sp³-hybridized carbons (Fsp3) is 0.429. The van der Waals surface area contributed by atoms with E-state index < -0.39 is 0 Å². The molecule has 7 heteroatoms. The molecule has 0 radical (unpaired) electrons. The maximum Gasteiger partial charge on any atom is 0.249 e. The van der Waals surface area contributed by atoms with Crippen molar-refractivity contribution in [3.05, 3.63) is 30.0 Å². The molecular weight excluding hydrogens is 268 g/mol. The number of hydrogen-bond acceptors (Lipinski definition) is 5. The zero-order chi connectivity index (χ0) is 15.0. The zero-order valence-electron chi connectivity index (χ0n) is 12.4. The molecule has 0 aromatic carbocycles. The third kappa shape index (κ3) is 2.72. The SMILES string of the molecule is Cc1cc(NC2CCN(c3cnn(C)c3)C2=O)nc(C)n1. The summed E-state index contributed by atoms with van der Waals surface area (Å²) in [4.78, 5) is 22.8. The van der Waals surface area contributed by atoms with Crippen molar-refractivity contribution in [3.63, 3.8) is 0 Å². The van der Waals surface area contributed by atoms with Crippen LogP contribution in [-0.4, -0.2) is 38.2 Å². The van der Waals surface area contributed by atoms with Crippen molar-refractivity contribution in [1.82, 2.24) is 19.7 Å². The van der Waals surface area contributed by atoms with Crippen molar-refractivity contribution in [3.8, 4) is 0 Å². The number of nitrogens with one attached hydrogen (secondary N) is 1. The Bertz CT molecular complexity index is 660. The van der Waals surface area contributed by atoms with E-state index in [1.807, 2.05) is 33.2 Å². The van der Waals surface area contributed by atoms with E-state index in [4.69, 9.17) is 0 Å². The van der Waals surface area contributed by atoms with Crippen LogP contribution in [-0.2, 0) is 11.8 Å². The number of hydrogen-bond donors (Lipinski definition) is 1. The summed E-state index contributed by atoms with van der Waals surface area (Å²) in [6.07, 6.45) is 4.30. The first-order valence-corrected chi connectivity index (χ1v) is 6.92. The summed E-state index contributed by atoms with van der Waals surface area (Å²) in [6, 6.07) is 1.60. The highest BCUT2D eigenvalue weighted by Crippen LogP contribution is 2.22. The maximum atomic E-state index is 12.5. The van der Waals surface area contributed by atoms with Crippen LogP contribution < -0.4 is 10.2 Å². The van der Waals surface area contributed by atoms with Crippen LogP contribution in [0.3, 0.4) is 0 Å². The molecule has 0 saturated carbocycles. The van der Waals surface area contributed by atoms with Gasteiger partial charge in [-0.05, 0) is 20.3 Å². The average molecular weight is 286 g/mol. The third-order valence-electron chi connectivity index (χ3n) is 3.50. The van der Waals surface area contributed by atoms with Crippen molar-refractivity contribution in [1.29, 1.82) is 0 Å². The molecule has 110 valence electrons. The lowest BCUT2D eigenvalue weighted by Crippen LogP contribution is -2.33. The summed E-state index contributed by atoms with van der Waals surface area (Å²) in [5, 5.41) is 7.32. The van der Waals surface area contributed by atoms with E-state index in [-0.39, 0.29) is 11.9 Å². The molecule has 1 saturated heterocycles. The molecule has 0 aliphatic carbocycles. The molecule has 1 aliphatic heterocycles. The predicted molar refractivity (Wildman–Crippen MR) is 79.1 cm³/mol. The molecule has 7 nitrogen and oxygen atoms in total. The quantitative estimate of drug-likeness (QED) is 0.912. The number of aromatic nitrogens is 4. The van der Waals surface area contributed by atoms with Crippen molar-refractivity contribution in [2.24, 2.45) is 7.05 Å². The Morgan fingerprint density at radius 3 is 2.81 bits per heavy atom. The Hall–Kier alpha value is -2.44. The van der Waals surface area contributed by atoms with Gasteiger partial charge >= 0.3 is 0 Å². The molecule has 2 aromatic heterocycles. The van der Waals surface area contributed by atoms with Gasteiger partial charge in [-0.25, -0.2) is 9.97 Å². The first-order chi connectivity index (χ1) is 10.0. The molecule has 1 N–H and O–H groups in total. The van der Waals surface area contributed by atoms with E-state index in [0.717, 1.165) is 17.8 Å². The predicted octanol–water partition coefficient (Wildman–Crippen LogP) is 1.04. The molecule has 1 unspecified atom stereocenters. The first kappa shape index (κ1) is 13.5. The van der Waals surface area contributed by atoms with Crippen LogP contribution in [0, 0.1) is 13.8 Å². The highest BCUT2D eigenvalue weighted by Gasteiger charge is 2.33. The number of amides is 1. The second kappa shape index (κ2) is 5.16. The molecule has 1 amide bonds. The monoisotopic (exact) mass is 286 g/mol.